The van der Waals surface area contributed by atoms with Gasteiger partial charge in [0.1, 0.15) is 24.4 Å². The van der Waals surface area contributed by atoms with Crippen LogP contribution < -0.4 is 21.1 Å². The molecule has 190 valence electrons. The van der Waals surface area contributed by atoms with E-state index in [1.54, 1.807) is 4.68 Å². The lowest BCUT2D eigenvalue weighted by atomic mass is 9.99. The predicted molar refractivity (Wildman–Crippen MR) is 142 cm³/mol. The zero-order valence-corrected chi connectivity index (χ0v) is 21.1. The van der Waals surface area contributed by atoms with Gasteiger partial charge in [0.05, 0.1) is 5.69 Å². The number of hydrogen-bond acceptors (Lipinski definition) is 9. The van der Waals surface area contributed by atoms with Crippen LogP contribution in [-0.2, 0) is 17.8 Å². The summed E-state index contributed by atoms with van der Waals surface area (Å²) in [5, 5.41) is 20.7. The maximum Gasteiger partial charge on any atom is 0.244 e. The third kappa shape index (κ3) is 4.15. The Morgan fingerprint density at radius 2 is 2.03 bits per heavy atom. The van der Waals surface area contributed by atoms with E-state index in [2.05, 4.69) is 30.9 Å². The van der Waals surface area contributed by atoms with Crippen molar-refractivity contribution < 1.29 is 9.53 Å². The van der Waals surface area contributed by atoms with E-state index in [0.29, 0.717) is 41.9 Å². The highest BCUT2D eigenvalue weighted by Crippen LogP contribution is 2.37. The smallest absolute Gasteiger partial charge is 0.244 e. The molecule has 0 saturated heterocycles. The first-order valence-corrected chi connectivity index (χ1v) is 12.4. The van der Waals surface area contributed by atoms with Gasteiger partial charge in [-0.2, -0.15) is 5.10 Å². The number of carbonyl (C=O) groups excluding carboxylic acids is 1. The van der Waals surface area contributed by atoms with E-state index in [4.69, 9.17) is 10.5 Å². The van der Waals surface area contributed by atoms with Crippen LogP contribution in [0.2, 0.25) is 0 Å². The Hall–Kier alpha value is -4.41. The largest absolute Gasteiger partial charge is 0.474 e. The van der Waals surface area contributed by atoms with Crippen molar-refractivity contribution in [3.8, 4) is 17.0 Å². The molecule has 1 aromatic carbocycles. The fourth-order valence-electron chi connectivity index (χ4n) is 5.02. The molecule has 2 aliphatic rings. The van der Waals surface area contributed by atoms with Crippen LogP contribution in [0.5, 0.6) is 5.88 Å². The average Bonchev–Trinajstić information content (AvgIpc) is 3.16. The van der Waals surface area contributed by atoms with Crippen molar-refractivity contribution in [2.45, 2.75) is 39.8 Å². The number of nitrogen functional groups attached to an aromatic ring is 1. The third-order valence-corrected chi connectivity index (χ3v) is 6.93. The number of ether oxygens (including phenoxy) is 1. The lowest BCUT2D eigenvalue weighted by molar-refractivity contribution is -0.133. The number of rotatable bonds is 4. The van der Waals surface area contributed by atoms with Crippen molar-refractivity contribution in [2.75, 3.05) is 36.1 Å². The third-order valence-electron chi connectivity index (χ3n) is 6.93. The van der Waals surface area contributed by atoms with Gasteiger partial charge in [-0.25, -0.2) is 4.98 Å². The molecule has 1 amide bonds. The number of amides is 1. The van der Waals surface area contributed by atoms with Gasteiger partial charge in [0.15, 0.2) is 11.6 Å². The summed E-state index contributed by atoms with van der Waals surface area (Å²) in [5.74, 6) is 1.86. The van der Waals surface area contributed by atoms with Crippen LogP contribution in [0.4, 0.5) is 23.0 Å². The predicted octanol–water partition coefficient (Wildman–Crippen LogP) is 3.12. The maximum atomic E-state index is 12.6. The molecule has 11 nitrogen and oxygen atoms in total. The first-order valence-electron chi connectivity index (χ1n) is 12.4. The number of hydrogen-bond donors (Lipinski definition) is 3. The van der Waals surface area contributed by atoms with Gasteiger partial charge in [0.25, 0.3) is 0 Å². The molecule has 0 unspecified atom stereocenters. The normalized spacial score (nSPS) is 15.1. The molecule has 3 aromatic heterocycles. The van der Waals surface area contributed by atoms with Crippen LogP contribution in [-0.4, -0.2) is 61.5 Å². The van der Waals surface area contributed by atoms with Crippen LogP contribution in [0.3, 0.4) is 0 Å². The number of benzene rings is 1. The van der Waals surface area contributed by atoms with E-state index in [0.717, 1.165) is 46.4 Å². The lowest BCUT2D eigenvalue weighted by Gasteiger charge is -2.24. The minimum Gasteiger partial charge on any atom is -0.474 e. The van der Waals surface area contributed by atoms with Gasteiger partial charge in [0.2, 0.25) is 11.8 Å². The number of anilines is 4. The number of fused-ring (bicyclic) bond motifs is 3. The van der Waals surface area contributed by atoms with E-state index in [9.17, 15) is 4.79 Å². The molecule has 6 rings (SSSR count). The van der Waals surface area contributed by atoms with Crippen molar-refractivity contribution >= 4 is 39.8 Å². The summed E-state index contributed by atoms with van der Waals surface area (Å²) in [6.45, 7) is 8.36. The maximum absolute atomic E-state index is 12.6. The Balaban J connectivity index is 1.30. The summed E-state index contributed by atoms with van der Waals surface area (Å²) < 4.78 is 7.43. The fourth-order valence-corrected chi connectivity index (χ4v) is 5.02. The molecule has 0 aliphatic carbocycles. The molecule has 4 N–H and O–H groups in total. The second-order valence-corrected chi connectivity index (χ2v) is 9.72. The van der Waals surface area contributed by atoms with E-state index < -0.39 is 0 Å². The van der Waals surface area contributed by atoms with Gasteiger partial charge in [0, 0.05) is 54.5 Å². The van der Waals surface area contributed by atoms with Gasteiger partial charge >= 0.3 is 0 Å². The Bertz CT molecular complexity index is 1530. The first kappa shape index (κ1) is 23.0. The number of pyridine rings is 1. The Kier molecular flexibility index (Phi) is 5.54. The number of nitrogens with one attached hydrogen (secondary N) is 2. The van der Waals surface area contributed by atoms with Gasteiger partial charge in [-0.1, -0.05) is 0 Å². The molecule has 0 radical (unpaired) electrons. The molecule has 5 heterocycles. The highest BCUT2D eigenvalue weighted by atomic mass is 16.5. The van der Waals surface area contributed by atoms with Crippen LogP contribution in [0.25, 0.3) is 22.0 Å². The molecule has 4 aromatic rings. The molecule has 2 aliphatic heterocycles. The zero-order valence-electron chi connectivity index (χ0n) is 21.1. The molecule has 0 atom stereocenters. The van der Waals surface area contributed by atoms with Crippen molar-refractivity contribution in [1.82, 2.24) is 29.9 Å². The Labute approximate surface area is 214 Å². The average molecular weight is 500 g/mol. The highest BCUT2D eigenvalue weighted by Gasteiger charge is 2.24. The van der Waals surface area contributed by atoms with Gasteiger partial charge < -0.3 is 26.0 Å². The van der Waals surface area contributed by atoms with Crippen molar-refractivity contribution in [3.05, 3.63) is 41.7 Å². The highest BCUT2D eigenvalue weighted by molar-refractivity contribution is 5.95. The van der Waals surface area contributed by atoms with Gasteiger partial charge in [-0.05, 0) is 50.1 Å². The summed E-state index contributed by atoms with van der Waals surface area (Å²) in [7, 11) is 0. The standard InChI is InChI=1S/C26H29N9O2/c1-14(2)34-6-4-18-11-22(33-35(18)13-23(34)36)30-21-10-17-8-16(9-20(27)25(17)32-31-21)19-12-29-26-24(15(19)3)28-5-7-37-26/h8-12,14,28H,4-7,13,27H2,1-3H3,(H,30,31,33). The summed E-state index contributed by atoms with van der Waals surface area (Å²) in [4.78, 5) is 19.0. The van der Waals surface area contributed by atoms with Crippen molar-refractivity contribution in [1.29, 1.82) is 0 Å². The monoisotopic (exact) mass is 499 g/mol. The summed E-state index contributed by atoms with van der Waals surface area (Å²) in [5.41, 5.74) is 12.4. The molecule has 0 bridgehead atoms. The van der Waals surface area contributed by atoms with Crippen LogP contribution in [0, 0.1) is 6.92 Å². The number of carbonyl (C=O) groups is 1. The molecule has 0 fully saturated rings. The summed E-state index contributed by atoms with van der Waals surface area (Å²) in [6, 6.07) is 7.97. The fraction of sp³-hybridized carbons (Fsp3) is 0.346. The van der Waals surface area contributed by atoms with Crippen LogP contribution in [0.1, 0.15) is 25.1 Å². The SMILES string of the molecule is Cc1c(-c2cc(N)c3nnc(Nc4cc5n(n4)CC(=O)N(C(C)C)CC5)cc3c2)cnc2c1NCCO2. The molecule has 0 spiro atoms. The number of nitrogens with zero attached hydrogens (tertiary/aromatic N) is 6. The van der Waals surface area contributed by atoms with E-state index in [1.165, 1.54) is 0 Å². The summed E-state index contributed by atoms with van der Waals surface area (Å²) in [6.07, 6.45) is 2.56. The molecule has 37 heavy (non-hydrogen) atoms. The minimum absolute atomic E-state index is 0.0747. The quantitative estimate of drug-likeness (QED) is 0.362. The molecular weight excluding hydrogens is 470 g/mol. The van der Waals surface area contributed by atoms with E-state index in [1.807, 2.05) is 56.1 Å². The summed E-state index contributed by atoms with van der Waals surface area (Å²) >= 11 is 0. The first-order chi connectivity index (χ1) is 17.9. The van der Waals surface area contributed by atoms with E-state index in [-0.39, 0.29) is 18.5 Å². The second kappa shape index (κ2) is 8.91. The zero-order chi connectivity index (χ0) is 25.7. The van der Waals surface area contributed by atoms with Crippen molar-refractivity contribution in [2.24, 2.45) is 0 Å². The topological polar surface area (TPSA) is 136 Å². The lowest BCUT2D eigenvalue weighted by Crippen LogP contribution is -2.38. The van der Waals surface area contributed by atoms with E-state index >= 15 is 0 Å². The van der Waals surface area contributed by atoms with Crippen molar-refractivity contribution in [3.63, 3.8) is 0 Å². The van der Waals surface area contributed by atoms with Gasteiger partial charge in [-0.15, -0.1) is 10.2 Å². The Morgan fingerprint density at radius 1 is 1.16 bits per heavy atom. The second-order valence-electron chi connectivity index (χ2n) is 9.72. The molecule has 0 saturated carbocycles. The Morgan fingerprint density at radius 3 is 2.86 bits per heavy atom. The number of aromatic nitrogens is 5. The van der Waals surface area contributed by atoms with Gasteiger partial charge in [-0.3, -0.25) is 9.48 Å². The molecule has 11 heteroatoms. The number of nitrogens with two attached hydrogens (primary N) is 1. The van der Waals surface area contributed by atoms with Crippen LogP contribution in [0.15, 0.2) is 30.5 Å². The van der Waals surface area contributed by atoms with Crippen LogP contribution >= 0.6 is 0 Å². The molecular formula is C26H29N9O2. The minimum atomic E-state index is 0.0747.